The Morgan fingerprint density at radius 2 is 1.50 bits per heavy atom. The molecule has 0 fully saturated rings. The normalized spacial score (nSPS) is 10.6. The predicted octanol–water partition coefficient (Wildman–Crippen LogP) is 5.27. The van der Waals surface area contributed by atoms with Crippen molar-refractivity contribution in [3.05, 3.63) is 88.9 Å². The van der Waals surface area contributed by atoms with Crippen molar-refractivity contribution in [3.8, 4) is 17.2 Å². The molecule has 0 spiro atoms. The standard InChI is InChI=1S/C26H25ClN2O5/c1-2-3-16-32-22-12-6-20(7-13-22)26(31)34-24-10-4-19(5-11-24)17-28-29-25(30)18-33-23-14-8-21(27)9-15-23/h4-15,17H,2-3,16,18H2,1H3,(H,29,30)/b28-17-. The molecule has 0 aliphatic rings. The Kier molecular flexibility index (Phi) is 9.49. The van der Waals surface area contributed by atoms with E-state index in [9.17, 15) is 9.59 Å². The highest BCUT2D eigenvalue weighted by molar-refractivity contribution is 6.30. The fourth-order valence-electron chi connectivity index (χ4n) is 2.70. The number of nitrogens with one attached hydrogen (secondary N) is 1. The maximum Gasteiger partial charge on any atom is 0.343 e. The van der Waals surface area contributed by atoms with Crippen molar-refractivity contribution in [2.24, 2.45) is 5.10 Å². The Morgan fingerprint density at radius 1 is 0.882 bits per heavy atom. The number of hydrazone groups is 1. The Hall–Kier alpha value is -3.84. The first-order valence-corrected chi connectivity index (χ1v) is 11.2. The summed E-state index contributed by atoms with van der Waals surface area (Å²) < 4.78 is 16.3. The van der Waals surface area contributed by atoms with Crippen molar-refractivity contribution in [1.29, 1.82) is 0 Å². The molecular formula is C26H25ClN2O5. The lowest BCUT2D eigenvalue weighted by Gasteiger charge is -2.07. The van der Waals surface area contributed by atoms with Gasteiger partial charge in [-0.1, -0.05) is 24.9 Å². The van der Waals surface area contributed by atoms with Gasteiger partial charge in [0.1, 0.15) is 17.2 Å². The van der Waals surface area contributed by atoms with Crippen molar-refractivity contribution in [1.82, 2.24) is 5.43 Å². The van der Waals surface area contributed by atoms with Gasteiger partial charge in [-0.2, -0.15) is 5.10 Å². The van der Waals surface area contributed by atoms with Crippen LogP contribution in [0.5, 0.6) is 17.2 Å². The molecule has 3 aromatic rings. The molecular weight excluding hydrogens is 456 g/mol. The first-order valence-electron chi connectivity index (χ1n) is 10.8. The van der Waals surface area contributed by atoms with Crippen LogP contribution in [-0.2, 0) is 4.79 Å². The molecule has 0 saturated carbocycles. The van der Waals surface area contributed by atoms with Crippen molar-refractivity contribution in [2.75, 3.05) is 13.2 Å². The van der Waals surface area contributed by atoms with Gasteiger partial charge in [-0.15, -0.1) is 0 Å². The van der Waals surface area contributed by atoms with Crippen LogP contribution in [0.3, 0.4) is 0 Å². The van der Waals surface area contributed by atoms with Crippen LogP contribution < -0.4 is 19.6 Å². The van der Waals surface area contributed by atoms with Crippen LogP contribution in [0.2, 0.25) is 5.02 Å². The van der Waals surface area contributed by atoms with Crippen LogP contribution in [0.25, 0.3) is 0 Å². The van der Waals surface area contributed by atoms with E-state index in [1.165, 1.54) is 6.21 Å². The van der Waals surface area contributed by atoms with Gasteiger partial charge in [0.15, 0.2) is 6.61 Å². The Bertz CT molecular complexity index is 1100. The van der Waals surface area contributed by atoms with E-state index in [-0.39, 0.29) is 6.61 Å². The van der Waals surface area contributed by atoms with Crippen molar-refractivity contribution in [2.45, 2.75) is 19.8 Å². The monoisotopic (exact) mass is 480 g/mol. The molecule has 7 nitrogen and oxygen atoms in total. The van der Waals surface area contributed by atoms with E-state index in [0.29, 0.717) is 34.3 Å². The summed E-state index contributed by atoms with van der Waals surface area (Å²) in [6, 6.07) is 20.3. The number of amides is 1. The molecule has 1 amide bonds. The van der Waals surface area contributed by atoms with Crippen LogP contribution in [0, 0.1) is 0 Å². The van der Waals surface area contributed by atoms with Crippen molar-refractivity contribution < 1.29 is 23.8 Å². The predicted molar refractivity (Wildman–Crippen MR) is 131 cm³/mol. The lowest BCUT2D eigenvalue weighted by atomic mass is 10.2. The van der Waals surface area contributed by atoms with Crippen molar-refractivity contribution in [3.63, 3.8) is 0 Å². The van der Waals surface area contributed by atoms with Gasteiger partial charge in [0, 0.05) is 5.02 Å². The summed E-state index contributed by atoms with van der Waals surface area (Å²) in [5.41, 5.74) is 3.53. The van der Waals surface area contributed by atoms with Gasteiger partial charge >= 0.3 is 5.97 Å². The SMILES string of the molecule is CCCCOc1ccc(C(=O)Oc2ccc(/C=N\NC(=O)COc3ccc(Cl)cc3)cc2)cc1. The van der Waals surface area contributed by atoms with Gasteiger partial charge in [0.05, 0.1) is 18.4 Å². The maximum absolute atomic E-state index is 12.3. The lowest BCUT2D eigenvalue weighted by Crippen LogP contribution is -2.24. The third kappa shape index (κ3) is 8.26. The molecule has 0 radical (unpaired) electrons. The number of benzene rings is 3. The lowest BCUT2D eigenvalue weighted by molar-refractivity contribution is -0.123. The van der Waals surface area contributed by atoms with Crippen LogP contribution in [0.1, 0.15) is 35.7 Å². The molecule has 0 atom stereocenters. The summed E-state index contributed by atoms with van der Waals surface area (Å²) in [5.74, 6) is 0.779. The first-order chi connectivity index (χ1) is 16.5. The largest absolute Gasteiger partial charge is 0.494 e. The van der Waals surface area contributed by atoms with Crippen LogP contribution >= 0.6 is 11.6 Å². The van der Waals surface area contributed by atoms with E-state index in [1.807, 2.05) is 0 Å². The highest BCUT2D eigenvalue weighted by Crippen LogP contribution is 2.17. The van der Waals surface area contributed by atoms with Crippen molar-refractivity contribution >= 4 is 29.7 Å². The molecule has 34 heavy (non-hydrogen) atoms. The van der Waals surface area contributed by atoms with Crippen LogP contribution in [0.4, 0.5) is 0 Å². The first kappa shape index (κ1) is 24.8. The fraction of sp³-hybridized carbons (Fsp3) is 0.192. The molecule has 0 heterocycles. The zero-order valence-corrected chi connectivity index (χ0v) is 19.5. The second-order valence-electron chi connectivity index (χ2n) is 7.22. The number of ether oxygens (including phenoxy) is 3. The number of hydrogen-bond donors (Lipinski definition) is 1. The number of halogens is 1. The third-order valence-electron chi connectivity index (χ3n) is 4.53. The minimum Gasteiger partial charge on any atom is -0.494 e. The molecule has 3 aromatic carbocycles. The van der Waals surface area contributed by atoms with E-state index in [1.54, 1.807) is 72.8 Å². The summed E-state index contributed by atoms with van der Waals surface area (Å²) in [6.07, 6.45) is 3.52. The smallest absolute Gasteiger partial charge is 0.343 e. The molecule has 0 bridgehead atoms. The van der Waals surface area contributed by atoms with Gasteiger partial charge in [-0.05, 0) is 84.8 Å². The van der Waals surface area contributed by atoms with Crippen LogP contribution in [-0.4, -0.2) is 31.3 Å². The highest BCUT2D eigenvalue weighted by atomic mass is 35.5. The van der Waals surface area contributed by atoms with Crippen LogP contribution in [0.15, 0.2) is 77.9 Å². The van der Waals surface area contributed by atoms with E-state index < -0.39 is 11.9 Å². The molecule has 0 aliphatic heterocycles. The summed E-state index contributed by atoms with van der Waals surface area (Å²) >= 11 is 5.80. The summed E-state index contributed by atoms with van der Waals surface area (Å²) in [4.78, 5) is 24.2. The third-order valence-corrected chi connectivity index (χ3v) is 4.79. The van der Waals surface area contributed by atoms with E-state index in [2.05, 4.69) is 17.5 Å². The van der Waals surface area contributed by atoms with Gasteiger partial charge in [0.2, 0.25) is 0 Å². The summed E-state index contributed by atoms with van der Waals surface area (Å²) in [6.45, 7) is 2.57. The Balaban J connectivity index is 1.43. The van der Waals surface area contributed by atoms with E-state index in [4.69, 9.17) is 25.8 Å². The number of carbonyl (C=O) groups is 2. The summed E-state index contributed by atoms with van der Waals surface area (Å²) in [7, 11) is 0. The molecule has 0 aromatic heterocycles. The second kappa shape index (κ2) is 13.0. The second-order valence-corrected chi connectivity index (χ2v) is 7.66. The van der Waals surface area contributed by atoms with Gasteiger partial charge in [-0.25, -0.2) is 10.2 Å². The molecule has 176 valence electrons. The molecule has 8 heteroatoms. The maximum atomic E-state index is 12.3. The van der Waals surface area contributed by atoms with E-state index in [0.717, 1.165) is 18.6 Å². The number of hydrogen-bond acceptors (Lipinski definition) is 6. The van der Waals surface area contributed by atoms with Gasteiger partial charge < -0.3 is 14.2 Å². The Morgan fingerprint density at radius 3 is 2.18 bits per heavy atom. The number of carbonyl (C=O) groups excluding carboxylic acids is 2. The summed E-state index contributed by atoms with van der Waals surface area (Å²) in [5, 5.41) is 4.48. The number of unbranched alkanes of at least 4 members (excludes halogenated alkanes) is 1. The molecule has 1 N–H and O–H groups in total. The average molecular weight is 481 g/mol. The fourth-order valence-corrected chi connectivity index (χ4v) is 2.83. The van der Waals surface area contributed by atoms with Gasteiger partial charge in [-0.3, -0.25) is 4.79 Å². The number of esters is 1. The highest BCUT2D eigenvalue weighted by Gasteiger charge is 2.09. The van der Waals surface area contributed by atoms with E-state index >= 15 is 0 Å². The zero-order valence-electron chi connectivity index (χ0n) is 18.7. The minimum absolute atomic E-state index is 0.181. The number of nitrogens with zero attached hydrogens (tertiary/aromatic N) is 1. The quantitative estimate of drug-likeness (QED) is 0.133. The molecule has 3 rings (SSSR count). The number of rotatable bonds is 11. The minimum atomic E-state index is -0.463. The van der Waals surface area contributed by atoms with Gasteiger partial charge in [0.25, 0.3) is 5.91 Å². The average Bonchev–Trinajstić information content (AvgIpc) is 2.85. The zero-order chi connectivity index (χ0) is 24.2. The Labute approximate surface area is 203 Å². The molecule has 0 aliphatic carbocycles. The topological polar surface area (TPSA) is 86.2 Å². The molecule has 0 unspecified atom stereocenters. The molecule has 0 saturated heterocycles.